The second-order valence-corrected chi connectivity index (χ2v) is 8.30. The fourth-order valence-electron chi connectivity index (χ4n) is 3.08. The van der Waals surface area contributed by atoms with E-state index in [1.54, 1.807) is 14.2 Å². The van der Waals surface area contributed by atoms with Crippen molar-refractivity contribution >= 4 is 9.28 Å². The second-order valence-electron chi connectivity index (χ2n) is 6.03. The molecule has 0 heterocycles. The van der Waals surface area contributed by atoms with Crippen molar-refractivity contribution in [3.05, 3.63) is 0 Å². The summed E-state index contributed by atoms with van der Waals surface area (Å²) in [4.78, 5) is 0. The summed E-state index contributed by atoms with van der Waals surface area (Å²) in [5.41, 5.74) is 0. The van der Waals surface area contributed by atoms with Crippen LogP contribution in [0, 0.1) is 11.8 Å². The van der Waals surface area contributed by atoms with E-state index >= 15 is 0 Å². The molecule has 0 N–H and O–H groups in total. The Balaban J connectivity index is 2.17. The Hall–Kier alpha value is 0.137. The van der Waals surface area contributed by atoms with Crippen molar-refractivity contribution in [1.82, 2.24) is 0 Å². The first-order chi connectivity index (χ1) is 8.76. The van der Waals surface area contributed by atoms with E-state index in [2.05, 4.69) is 6.92 Å². The van der Waals surface area contributed by atoms with Crippen molar-refractivity contribution in [1.29, 1.82) is 0 Å². The maximum absolute atomic E-state index is 5.42. The summed E-state index contributed by atoms with van der Waals surface area (Å²) in [7, 11) is 2.25. The quantitative estimate of drug-likeness (QED) is 0.644. The Bertz CT molecular complexity index is 187. The van der Waals surface area contributed by atoms with Crippen molar-refractivity contribution in [2.45, 2.75) is 70.8 Å². The average Bonchev–Trinajstić information content (AvgIpc) is 2.34. The molecule has 1 saturated carbocycles. The van der Waals surface area contributed by atoms with Crippen LogP contribution in [0.4, 0.5) is 0 Å². The van der Waals surface area contributed by atoms with Gasteiger partial charge in [0.1, 0.15) is 0 Å². The van der Waals surface area contributed by atoms with Gasteiger partial charge in [0.2, 0.25) is 0 Å². The summed E-state index contributed by atoms with van der Waals surface area (Å²) < 4.78 is 10.8. The Morgan fingerprint density at radius 1 is 1.00 bits per heavy atom. The number of hydrogen-bond acceptors (Lipinski definition) is 2. The van der Waals surface area contributed by atoms with Crippen LogP contribution in [0.5, 0.6) is 0 Å². The lowest BCUT2D eigenvalue weighted by Crippen LogP contribution is -2.22. The first-order valence-corrected chi connectivity index (χ1v) is 9.57. The molecule has 0 radical (unpaired) electrons. The van der Waals surface area contributed by atoms with Crippen molar-refractivity contribution in [3.63, 3.8) is 0 Å². The minimum Gasteiger partial charge on any atom is -0.400 e. The van der Waals surface area contributed by atoms with Crippen LogP contribution in [-0.4, -0.2) is 23.5 Å². The minimum absolute atomic E-state index is 0.770. The number of hydrogen-bond donors (Lipinski definition) is 0. The van der Waals surface area contributed by atoms with Crippen LogP contribution >= 0.6 is 0 Å². The summed E-state index contributed by atoms with van der Waals surface area (Å²) in [5.74, 6) is 1.77. The molecule has 0 aromatic heterocycles. The van der Waals surface area contributed by atoms with E-state index in [0.29, 0.717) is 0 Å². The van der Waals surface area contributed by atoms with Gasteiger partial charge in [-0.3, -0.25) is 0 Å². The summed E-state index contributed by atoms with van der Waals surface area (Å²) in [6.07, 6.45) is 13.1. The van der Waals surface area contributed by atoms with Gasteiger partial charge in [-0.1, -0.05) is 64.7 Å². The SMILES string of the molecule is CO[SiH](CC(C)CCC1CCCCCCC1)OC. The third-order valence-corrected chi connectivity index (χ3v) is 6.65. The smallest absolute Gasteiger partial charge is 0.321 e. The fourth-order valence-corrected chi connectivity index (χ4v) is 4.55. The molecule has 18 heavy (non-hydrogen) atoms. The zero-order chi connectivity index (χ0) is 13.2. The van der Waals surface area contributed by atoms with E-state index in [1.807, 2.05) is 0 Å². The van der Waals surface area contributed by atoms with Gasteiger partial charge in [-0.05, 0) is 17.9 Å². The van der Waals surface area contributed by atoms with Crippen LogP contribution in [0.15, 0.2) is 0 Å². The molecule has 1 unspecified atom stereocenters. The molecule has 0 amide bonds. The summed E-state index contributed by atoms with van der Waals surface area (Å²) in [5, 5.41) is 0. The topological polar surface area (TPSA) is 18.5 Å². The molecule has 1 aliphatic rings. The van der Waals surface area contributed by atoms with Gasteiger partial charge in [-0.2, -0.15) is 0 Å². The third-order valence-electron chi connectivity index (χ3n) is 4.41. The molecule has 1 aliphatic carbocycles. The van der Waals surface area contributed by atoms with Gasteiger partial charge in [0.25, 0.3) is 0 Å². The van der Waals surface area contributed by atoms with Gasteiger partial charge < -0.3 is 8.85 Å². The molecule has 0 aliphatic heterocycles. The van der Waals surface area contributed by atoms with E-state index in [-0.39, 0.29) is 0 Å². The van der Waals surface area contributed by atoms with Crippen LogP contribution in [0.2, 0.25) is 6.04 Å². The van der Waals surface area contributed by atoms with Gasteiger partial charge in [-0.25, -0.2) is 0 Å². The summed E-state index contributed by atoms with van der Waals surface area (Å²) in [6, 6.07) is 1.17. The van der Waals surface area contributed by atoms with Crippen LogP contribution in [0.1, 0.15) is 64.7 Å². The van der Waals surface area contributed by atoms with Gasteiger partial charge in [0, 0.05) is 14.2 Å². The lowest BCUT2D eigenvalue weighted by Gasteiger charge is -2.22. The van der Waals surface area contributed by atoms with E-state index in [4.69, 9.17) is 8.85 Å². The molecule has 1 atom stereocenters. The Morgan fingerprint density at radius 2 is 1.56 bits per heavy atom. The van der Waals surface area contributed by atoms with Gasteiger partial charge in [0.15, 0.2) is 0 Å². The first-order valence-electron chi connectivity index (χ1n) is 7.81. The molecular weight excluding hydrogens is 240 g/mol. The Kier molecular flexibility index (Phi) is 8.98. The summed E-state index contributed by atoms with van der Waals surface area (Å²) in [6.45, 7) is 2.36. The predicted molar refractivity (Wildman–Crippen MR) is 80.2 cm³/mol. The second kappa shape index (κ2) is 9.99. The zero-order valence-electron chi connectivity index (χ0n) is 12.6. The molecule has 0 aromatic rings. The molecule has 0 bridgehead atoms. The maximum atomic E-state index is 5.42. The van der Waals surface area contributed by atoms with Crippen molar-refractivity contribution < 1.29 is 8.85 Å². The first kappa shape index (κ1) is 16.2. The maximum Gasteiger partial charge on any atom is 0.321 e. The van der Waals surface area contributed by atoms with Crippen molar-refractivity contribution in [3.8, 4) is 0 Å². The van der Waals surface area contributed by atoms with Gasteiger partial charge >= 0.3 is 9.28 Å². The third kappa shape index (κ3) is 6.91. The normalized spacial score (nSPS) is 20.7. The van der Waals surface area contributed by atoms with Crippen LogP contribution in [0.25, 0.3) is 0 Å². The highest BCUT2D eigenvalue weighted by Crippen LogP contribution is 2.28. The largest absolute Gasteiger partial charge is 0.400 e. The zero-order valence-corrected chi connectivity index (χ0v) is 13.8. The molecule has 108 valence electrons. The minimum atomic E-state index is -1.34. The van der Waals surface area contributed by atoms with Gasteiger partial charge in [0.05, 0.1) is 0 Å². The predicted octanol–water partition coefficient (Wildman–Crippen LogP) is 4.28. The monoisotopic (exact) mass is 272 g/mol. The van der Waals surface area contributed by atoms with E-state index in [1.165, 1.54) is 63.8 Å². The van der Waals surface area contributed by atoms with E-state index < -0.39 is 9.28 Å². The molecule has 1 rings (SSSR count). The Morgan fingerprint density at radius 3 is 2.11 bits per heavy atom. The van der Waals surface area contributed by atoms with Gasteiger partial charge in [-0.15, -0.1) is 0 Å². The number of rotatable bonds is 7. The van der Waals surface area contributed by atoms with Crippen LogP contribution in [-0.2, 0) is 8.85 Å². The lowest BCUT2D eigenvalue weighted by molar-refractivity contribution is 0.265. The average molecular weight is 273 g/mol. The summed E-state index contributed by atoms with van der Waals surface area (Å²) >= 11 is 0. The Labute approximate surface area is 115 Å². The fraction of sp³-hybridized carbons (Fsp3) is 1.00. The highest BCUT2D eigenvalue weighted by Gasteiger charge is 2.17. The van der Waals surface area contributed by atoms with E-state index in [0.717, 1.165) is 11.8 Å². The molecule has 3 heteroatoms. The van der Waals surface area contributed by atoms with E-state index in [9.17, 15) is 0 Å². The van der Waals surface area contributed by atoms with Crippen LogP contribution < -0.4 is 0 Å². The highest BCUT2D eigenvalue weighted by molar-refractivity contribution is 6.44. The molecule has 0 saturated heterocycles. The highest BCUT2D eigenvalue weighted by atomic mass is 28.3. The molecule has 0 spiro atoms. The standard InChI is InChI=1S/C15H32O2Si/c1-14(13-18(16-2)17-3)11-12-15-9-7-5-4-6-8-10-15/h14-15,18H,4-13H2,1-3H3. The molecular formula is C15H32O2Si. The molecule has 1 fully saturated rings. The molecule has 0 aromatic carbocycles. The van der Waals surface area contributed by atoms with Crippen molar-refractivity contribution in [2.75, 3.05) is 14.2 Å². The molecule has 2 nitrogen and oxygen atoms in total. The van der Waals surface area contributed by atoms with Crippen molar-refractivity contribution in [2.24, 2.45) is 11.8 Å². The van der Waals surface area contributed by atoms with Crippen LogP contribution in [0.3, 0.4) is 0 Å². The lowest BCUT2D eigenvalue weighted by atomic mass is 9.86.